The normalized spacial score (nSPS) is 12.2. The predicted molar refractivity (Wildman–Crippen MR) is 175 cm³/mol. The van der Waals surface area contributed by atoms with Crippen LogP contribution in [0.3, 0.4) is 0 Å². The summed E-state index contributed by atoms with van der Waals surface area (Å²) in [6.07, 6.45) is -5.56. The Balaban J connectivity index is 1.95. The van der Waals surface area contributed by atoms with Crippen molar-refractivity contribution in [3.63, 3.8) is 0 Å². The van der Waals surface area contributed by atoms with Crippen LogP contribution in [-0.4, -0.2) is 43.5 Å². The Morgan fingerprint density at radius 3 is 2.02 bits per heavy atom. The third-order valence-electron chi connectivity index (χ3n) is 6.99. The van der Waals surface area contributed by atoms with E-state index in [4.69, 9.17) is 31.1 Å². The number of nitrogen functional groups attached to an aromatic ring is 1. The summed E-state index contributed by atoms with van der Waals surface area (Å²) in [5, 5.41) is 15.3. The number of hydrogen-bond donors (Lipinski definition) is 6. The number of carbonyl (C=O) groups is 3. The van der Waals surface area contributed by atoms with Gasteiger partial charge in [-0.15, -0.1) is 0 Å². The molecule has 0 saturated carbocycles. The van der Waals surface area contributed by atoms with E-state index < -0.39 is 41.8 Å². The van der Waals surface area contributed by atoms with Crippen molar-refractivity contribution in [2.45, 2.75) is 25.1 Å². The van der Waals surface area contributed by atoms with E-state index in [0.717, 1.165) is 11.6 Å². The third-order valence-corrected chi connectivity index (χ3v) is 6.99. The number of carbonyl (C=O) groups excluding carboxylic acids is 3. The summed E-state index contributed by atoms with van der Waals surface area (Å²) >= 11 is 0. The van der Waals surface area contributed by atoms with Gasteiger partial charge in [0.1, 0.15) is 12.4 Å². The number of esters is 1. The molecule has 0 spiro atoms. The molecule has 2 amide bonds. The van der Waals surface area contributed by atoms with E-state index in [9.17, 15) is 27.6 Å². The summed E-state index contributed by atoms with van der Waals surface area (Å²) in [4.78, 5) is 39.6. The number of methoxy groups -OCH3 is 1. The Morgan fingerprint density at radius 1 is 0.857 bits per heavy atom. The Bertz CT molecular complexity index is 1790. The number of rotatable bonds is 14. The fraction of sp³-hybridized carbons (Fsp3) is 0.176. The van der Waals surface area contributed by atoms with Crippen LogP contribution in [0.5, 0.6) is 11.5 Å². The number of alkyl halides is 3. The molecule has 0 saturated heterocycles. The largest absolute Gasteiger partial charge is 0.493 e. The van der Waals surface area contributed by atoms with Crippen LogP contribution in [0.2, 0.25) is 0 Å². The molecule has 0 unspecified atom stereocenters. The van der Waals surface area contributed by atoms with E-state index in [0.29, 0.717) is 5.56 Å². The molecule has 0 heterocycles. The second kappa shape index (κ2) is 15.7. The standard InChI is InChI=1S/C34H33F3N6O6/c1-47-27-16-25(26(42-29(44)18-38)17-28(27)48-20-22-10-6-3-7-11-22)33(49-32(46)34(35,36)37,31(45)41-19-21-8-4-2-5-9-21)43-24-14-12-23(13-15-24)30(39)40/h2-17,43H,18-20,38H2,1H3,(H3,39,40)(H,41,45)(H,42,44)/t33-/m0/s1. The number of hydrogen-bond acceptors (Lipinski definition) is 9. The fourth-order valence-electron chi connectivity index (χ4n) is 4.57. The van der Waals surface area contributed by atoms with Crippen molar-refractivity contribution in [2.24, 2.45) is 11.5 Å². The smallest absolute Gasteiger partial charge is 0.491 e. The number of ether oxygens (including phenoxy) is 3. The summed E-state index contributed by atoms with van der Waals surface area (Å²) in [7, 11) is 1.25. The van der Waals surface area contributed by atoms with Gasteiger partial charge in [0, 0.05) is 23.9 Å². The van der Waals surface area contributed by atoms with Gasteiger partial charge in [-0.1, -0.05) is 60.7 Å². The summed E-state index contributed by atoms with van der Waals surface area (Å²) in [6.45, 7) is -0.732. The number of anilines is 2. The molecule has 4 aromatic carbocycles. The van der Waals surface area contributed by atoms with Crippen molar-refractivity contribution < 1.29 is 41.8 Å². The summed E-state index contributed by atoms with van der Waals surface area (Å²) < 4.78 is 58.3. The third kappa shape index (κ3) is 9.04. The van der Waals surface area contributed by atoms with E-state index in [2.05, 4.69) is 16.0 Å². The van der Waals surface area contributed by atoms with Crippen molar-refractivity contribution in [1.29, 1.82) is 5.41 Å². The van der Waals surface area contributed by atoms with Crippen LogP contribution in [0.4, 0.5) is 24.5 Å². The number of nitrogens with one attached hydrogen (secondary N) is 4. The molecule has 8 N–H and O–H groups in total. The van der Waals surface area contributed by atoms with Crippen molar-refractivity contribution in [2.75, 3.05) is 24.3 Å². The lowest BCUT2D eigenvalue weighted by molar-refractivity contribution is -0.213. The van der Waals surface area contributed by atoms with Gasteiger partial charge in [0.2, 0.25) is 5.91 Å². The summed E-state index contributed by atoms with van der Waals surface area (Å²) in [6, 6.07) is 25.1. The van der Waals surface area contributed by atoms with Gasteiger partial charge in [-0.2, -0.15) is 13.2 Å². The summed E-state index contributed by atoms with van der Waals surface area (Å²) in [5.74, 6) is -5.15. The van der Waals surface area contributed by atoms with Gasteiger partial charge in [-0.25, -0.2) is 4.79 Å². The molecule has 4 aromatic rings. The highest BCUT2D eigenvalue weighted by Gasteiger charge is 2.53. The van der Waals surface area contributed by atoms with Crippen LogP contribution in [0, 0.1) is 5.41 Å². The second-order valence-electron chi connectivity index (χ2n) is 10.4. The highest BCUT2D eigenvalue weighted by Crippen LogP contribution is 2.42. The van der Waals surface area contributed by atoms with Gasteiger partial charge < -0.3 is 41.6 Å². The van der Waals surface area contributed by atoms with E-state index >= 15 is 0 Å². The second-order valence-corrected chi connectivity index (χ2v) is 10.4. The lowest BCUT2D eigenvalue weighted by Gasteiger charge is -2.36. The lowest BCUT2D eigenvalue weighted by Crippen LogP contribution is -2.54. The van der Waals surface area contributed by atoms with Crippen molar-refractivity contribution in [3.05, 3.63) is 119 Å². The number of halogens is 3. The van der Waals surface area contributed by atoms with E-state index in [-0.39, 0.29) is 47.4 Å². The molecule has 12 nitrogen and oxygen atoms in total. The Morgan fingerprint density at radius 2 is 1.47 bits per heavy atom. The maximum absolute atomic E-state index is 14.3. The maximum atomic E-state index is 14.3. The minimum absolute atomic E-state index is 0.0212. The molecule has 0 radical (unpaired) electrons. The van der Waals surface area contributed by atoms with Crippen LogP contribution < -0.4 is 36.9 Å². The molecule has 0 aliphatic rings. The molecule has 0 fully saturated rings. The SMILES string of the molecule is COc1cc([C@](Nc2ccc(C(=N)N)cc2)(OC(=O)C(F)(F)F)C(=O)NCc2ccccc2)c(NC(=O)CN)cc1OCc1ccccc1. The Hall–Kier alpha value is -6.09. The van der Waals surface area contributed by atoms with Crippen molar-refractivity contribution in [1.82, 2.24) is 5.32 Å². The molecule has 0 bridgehead atoms. The monoisotopic (exact) mass is 678 g/mol. The van der Waals surface area contributed by atoms with Crippen LogP contribution >= 0.6 is 0 Å². The van der Waals surface area contributed by atoms with Crippen molar-refractivity contribution >= 4 is 35.0 Å². The van der Waals surface area contributed by atoms with Gasteiger partial charge in [-0.05, 0) is 41.5 Å². The zero-order chi connectivity index (χ0) is 35.6. The first-order valence-electron chi connectivity index (χ1n) is 14.6. The molecular formula is C34H33F3N6O6. The minimum atomic E-state index is -5.56. The predicted octanol–water partition coefficient (Wildman–Crippen LogP) is 4.14. The highest BCUT2D eigenvalue weighted by molar-refractivity contribution is 5.99. The van der Waals surface area contributed by atoms with Crippen LogP contribution in [0.15, 0.2) is 97.1 Å². The minimum Gasteiger partial charge on any atom is -0.493 e. The first-order valence-corrected chi connectivity index (χ1v) is 14.6. The molecule has 4 rings (SSSR count). The molecule has 0 aromatic heterocycles. The highest BCUT2D eigenvalue weighted by atomic mass is 19.4. The number of amides is 2. The van der Waals surface area contributed by atoms with Gasteiger partial charge >= 0.3 is 12.1 Å². The molecule has 256 valence electrons. The molecule has 49 heavy (non-hydrogen) atoms. The van der Waals surface area contributed by atoms with Gasteiger partial charge in [0.05, 0.1) is 24.9 Å². The first kappa shape index (κ1) is 35.8. The molecule has 0 aliphatic heterocycles. The maximum Gasteiger partial charge on any atom is 0.491 e. The van der Waals surface area contributed by atoms with Crippen LogP contribution in [0.1, 0.15) is 22.3 Å². The van der Waals surface area contributed by atoms with Gasteiger partial charge in [0.25, 0.3) is 11.6 Å². The zero-order valence-electron chi connectivity index (χ0n) is 26.1. The average molecular weight is 679 g/mol. The van der Waals surface area contributed by atoms with Gasteiger partial charge in [0.15, 0.2) is 11.5 Å². The quantitative estimate of drug-likeness (QED) is 0.0493. The van der Waals surface area contributed by atoms with Gasteiger partial charge in [-0.3, -0.25) is 15.0 Å². The van der Waals surface area contributed by atoms with E-state index in [1.165, 1.54) is 37.4 Å². The number of benzene rings is 4. The van der Waals surface area contributed by atoms with Crippen molar-refractivity contribution in [3.8, 4) is 11.5 Å². The molecule has 1 atom stereocenters. The first-order chi connectivity index (χ1) is 23.4. The average Bonchev–Trinajstić information content (AvgIpc) is 3.09. The van der Waals surface area contributed by atoms with E-state index in [1.807, 2.05) is 6.07 Å². The fourth-order valence-corrected chi connectivity index (χ4v) is 4.57. The Labute approximate surface area is 279 Å². The topological polar surface area (TPSA) is 191 Å². The number of nitrogens with two attached hydrogens (primary N) is 2. The van der Waals surface area contributed by atoms with Crippen LogP contribution in [0.25, 0.3) is 0 Å². The zero-order valence-corrected chi connectivity index (χ0v) is 26.1. The molecule has 15 heteroatoms. The molecule has 0 aliphatic carbocycles. The number of amidine groups is 1. The summed E-state index contributed by atoms with van der Waals surface area (Å²) in [5.41, 5.74) is 8.86. The lowest BCUT2D eigenvalue weighted by atomic mass is 9.96. The Kier molecular flexibility index (Phi) is 11.4. The van der Waals surface area contributed by atoms with E-state index in [1.54, 1.807) is 54.6 Å². The van der Waals surface area contributed by atoms with Crippen LogP contribution in [-0.2, 0) is 38.0 Å². The molecular weight excluding hydrogens is 645 g/mol.